The Morgan fingerprint density at radius 2 is 1.76 bits per heavy atom. The predicted octanol–water partition coefficient (Wildman–Crippen LogP) is 3.71. The number of methoxy groups -OCH3 is 1. The van der Waals surface area contributed by atoms with Crippen LogP contribution in [0.1, 0.15) is 16.1 Å². The molecular formula is C23H19N3O3. The van der Waals surface area contributed by atoms with Gasteiger partial charge in [0.15, 0.2) is 5.69 Å². The van der Waals surface area contributed by atoms with E-state index in [4.69, 9.17) is 4.74 Å². The van der Waals surface area contributed by atoms with Crippen molar-refractivity contribution in [1.82, 2.24) is 9.55 Å². The number of nitrogens with zero attached hydrogens (tertiary/aromatic N) is 2. The second-order valence-electron chi connectivity index (χ2n) is 6.51. The second kappa shape index (κ2) is 7.98. The van der Waals surface area contributed by atoms with E-state index in [2.05, 4.69) is 10.3 Å². The second-order valence-corrected chi connectivity index (χ2v) is 6.51. The first-order chi connectivity index (χ1) is 14.2. The van der Waals surface area contributed by atoms with Gasteiger partial charge in [-0.2, -0.15) is 0 Å². The molecule has 0 aliphatic rings. The summed E-state index contributed by atoms with van der Waals surface area (Å²) in [5, 5.41) is 2.73. The lowest BCUT2D eigenvalue weighted by atomic mass is 10.2. The van der Waals surface area contributed by atoms with E-state index >= 15 is 0 Å². The van der Waals surface area contributed by atoms with Crippen molar-refractivity contribution in [2.24, 2.45) is 0 Å². The van der Waals surface area contributed by atoms with E-state index < -0.39 is 11.5 Å². The monoisotopic (exact) mass is 385 g/mol. The SMILES string of the molecule is COc1cccc(NC(=O)c2nc3ccccc3n(Cc3ccccc3)c2=O)c1. The van der Waals surface area contributed by atoms with Gasteiger partial charge in [0.25, 0.3) is 11.5 Å². The fraction of sp³-hybridized carbons (Fsp3) is 0.0870. The summed E-state index contributed by atoms with van der Waals surface area (Å²) in [5.74, 6) is 0.0478. The number of aromatic nitrogens is 2. The first-order valence-electron chi connectivity index (χ1n) is 9.14. The van der Waals surface area contributed by atoms with Gasteiger partial charge < -0.3 is 14.6 Å². The molecule has 144 valence electrons. The molecule has 29 heavy (non-hydrogen) atoms. The number of benzene rings is 3. The third kappa shape index (κ3) is 3.87. The Labute approximate surface area is 167 Å². The van der Waals surface area contributed by atoms with E-state index in [1.54, 1.807) is 42.0 Å². The lowest BCUT2D eigenvalue weighted by Gasteiger charge is -2.13. The van der Waals surface area contributed by atoms with E-state index in [9.17, 15) is 9.59 Å². The fourth-order valence-corrected chi connectivity index (χ4v) is 3.15. The molecule has 0 aliphatic heterocycles. The van der Waals surface area contributed by atoms with E-state index in [0.29, 0.717) is 29.0 Å². The zero-order chi connectivity index (χ0) is 20.2. The highest BCUT2D eigenvalue weighted by Gasteiger charge is 2.18. The summed E-state index contributed by atoms with van der Waals surface area (Å²) < 4.78 is 6.76. The summed E-state index contributed by atoms with van der Waals surface area (Å²) in [4.78, 5) is 30.4. The van der Waals surface area contributed by atoms with Gasteiger partial charge in [-0.1, -0.05) is 48.5 Å². The molecule has 0 spiro atoms. The minimum atomic E-state index is -0.559. The summed E-state index contributed by atoms with van der Waals surface area (Å²) in [5.41, 5.74) is 2.16. The van der Waals surface area contributed by atoms with Crippen molar-refractivity contribution in [3.05, 3.63) is 100 Å². The molecule has 0 atom stereocenters. The Hall–Kier alpha value is -3.93. The first kappa shape index (κ1) is 18.4. The molecule has 4 aromatic rings. The summed E-state index contributed by atoms with van der Waals surface area (Å²) in [6, 6.07) is 23.9. The van der Waals surface area contributed by atoms with Crippen LogP contribution in [0.15, 0.2) is 83.7 Å². The van der Waals surface area contributed by atoms with Crippen LogP contribution in [0, 0.1) is 0 Å². The van der Waals surface area contributed by atoms with Crippen LogP contribution >= 0.6 is 0 Å². The minimum absolute atomic E-state index is 0.151. The molecule has 0 bridgehead atoms. The quantitative estimate of drug-likeness (QED) is 0.568. The highest BCUT2D eigenvalue weighted by atomic mass is 16.5. The lowest BCUT2D eigenvalue weighted by molar-refractivity contribution is 0.102. The van der Waals surface area contributed by atoms with Crippen molar-refractivity contribution in [3.8, 4) is 5.75 Å². The van der Waals surface area contributed by atoms with Crippen LogP contribution < -0.4 is 15.6 Å². The average molecular weight is 385 g/mol. The van der Waals surface area contributed by atoms with E-state index in [-0.39, 0.29) is 5.69 Å². The molecule has 0 saturated carbocycles. The van der Waals surface area contributed by atoms with Crippen LogP contribution in [0.25, 0.3) is 11.0 Å². The fourth-order valence-electron chi connectivity index (χ4n) is 3.15. The van der Waals surface area contributed by atoms with Crippen molar-refractivity contribution in [1.29, 1.82) is 0 Å². The molecule has 0 saturated heterocycles. The summed E-state index contributed by atoms with van der Waals surface area (Å²) in [7, 11) is 1.55. The molecule has 6 nitrogen and oxygen atoms in total. The molecule has 0 unspecified atom stereocenters. The number of para-hydroxylation sites is 2. The Morgan fingerprint density at radius 3 is 2.55 bits per heavy atom. The maximum atomic E-state index is 13.2. The smallest absolute Gasteiger partial charge is 0.283 e. The number of anilines is 1. The lowest BCUT2D eigenvalue weighted by Crippen LogP contribution is -2.31. The van der Waals surface area contributed by atoms with E-state index in [1.807, 2.05) is 48.5 Å². The number of hydrogen-bond donors (Lipinski definition) is 1. The third-order valence-corrected chi connectivity index (χ3v) is 4.58. The van der Waals surface area contributed by atoms with Gasteiger partial charge in [0, 0.05) is 11.8 Å². The Bertz CT molecular complexity index is 1230. The molecule has 0 fully saturated rings. The molecule has 0 radical (unpaired) electrons. The Morgan fingerprint density at radius 1 is 1.00 bits per heavy atom. The van der Waals surface area contributed by atoms with Gasteiger partial charge in [-0.25, -0.2) is 4.98 Å². The van der Waals surface area contributed by atoms with Crippen LogP contribution in [-0.4, -0.2) is 22.6 Å². The van der Waals surface area contributed by atoms with Gasteiger partial charge in [-0.05, 0) is 29.8 Å². The van der Waals surface area contributed by atoms with Gasteiger partial charge in [0.05, 0.1) is 24.7 Å². The molecule has 0 aliphatic carbocycles. The molecular weight excluding hydrogens is 366 g/mol. The van der Waals surface area contributed by atoms with Crippen LogP contribution in [0.5, 0.6) is 5.75 Å². The largest absolute Gasteiger partial charge is 0.497 e. The third-order valence-electron chi connectivity index (χ3n) is 4.58. The predicted molar refractivity (Wildman–Crippen MR) is 112 cm³/mol. The van der Waals surface area contributed by atoms with Crippen molar-refractivity contribution >= 4 is 22.6 Å². The molecule has 1 N–H and O–H groups in total. The standard InChI is InChI=1S/C23H19N3O3/c1-29-18-11-7-10-17(14-18)24-22(27)21-23(28)26(15-16-8-3-2-4-9-16)20-13-6-5-12-19(20)25-21/h2-14H,15H2,1H3,(H,24,27). The van der Waals surface area contributed by atoms with Crippen LogP contribution in [0.3, 0.4) is 0 Å². The van der Waals surface area contributed by atoms with Crippen LogP contribution in [-0.2, 0) is 6.54 Å². The van der Waals surface area contributed by atoms with Gasteiger partial charge in [-0.3, -0.25) is 9.59 Å². The molecule has 1 heterocycles. The van der Waals surface area contributed by atoms with Gasteiger partial charge in [0.1, 0.15) is 5.75 Å². The zero-order valence-corrected chi connectivity index (χ0v) is 15.8. The number of rotatable bonds is 5. The minimum Gasteiger partial charge on any atom is -0.497 e. The normalized spacial score (nSPS) is 10.7. The van der Waals surface area contributed by atoms with E-state index in [0.717, 1.165) is 5.56 Å². The first-order valence-corrected chi connectivity index (χ1v) is 9.14. The molecule has 1 aromatic heterocycles. The van der Waals surface area contributed by atoms with Gasteiger partial charge in [-0.15, -0.1) is 0 Å². The molecule has 1 amide bonds. The van der Waals surface area contributed by atoms with E-state index in [1.165, 1.54) is 0 Å². The van der Waals surface area contributed by atoms with Gasteiger partial charge in [0.2, 0.25) is 0 Å². The van der Waals surface area contributed by atoms with Crippen molar-refractivity contribution in [3.63, 3.8) is 0 Å². The number of nitrogens with one attached hydrogen (secondary N) is 1. The van der Waals surface area contributed by atoms with Crippen molar-refractivity contribution in [2.75, 3.05) is 12.4 Å². The average Bonchev–Trinajstić information content (AvgIpc) is 2.76. The number of carbonyl (C=O) groups excluding carboxylic acids is 1. The number of fused-ring (bicyclic) bond motifs is 1. The number of ether oxygens (including phenoxy) is 1. The highest BCUT2D eigenvalue weighted by Crippen LogP contribution is 2.18. The Balaban J connectivity index is 1.77. The number of hydrogen-bond acceptors (Lipinski definition) is 4. The molecule has 4 rings (SSSR count). The molecule has 3 aromatic carbocycles. The topological polar surface area (TPSA) is 73.2 Å². The van der Waals surface area contributed by atoms with Crippen LogP contribution in [0.4, 0.5) is 5.69 Å². The summed E-state index contributed by atoms with van der Waals surface area (Å²) >= 11 is 0. The molecule has 6 heteroatoms. The summed E-state index contributed by atoms with van der Waals surface area (Å²) in [6.45, 7) is 0.349. The van der Waals surface area contributed by atoms with Crippen LogP contribution in [0.2, 0.25) is 0 Å². The summed E-state index contributed by atoms with van der Waals surface area (Å²) in [6.07, 6.45) is 0. The maximum absolute atomic E-state index is 13.2. The number of amides is 1. The van der Waals surface area contributed by atoms with Crippen molar-refractivity contribution in [2.45, 2.75) is 6.54 Å². The Kier molecular flexibility index (Phi) is 5.07. The maximum Gasteiger partial charge on any atom is 0.283 e. The van der Waals surface area contributed by atoms with Crippen molar-refractivity contribution < 1.29 is 9.53 Å². The van der Waals surface area contributed by atoms with Gasteiger partial charge >= 0.3 is 0 Å². The zero-order valence-electron chi connectivity index (χ0n) is 15.8. The highest BCUT2D eigenvalue weighted by molar-refractivity contribution is 6.03. The number of carbonyl (C=O) groups is 1.